The molecule has 0 spiro atoms. The number of nitrogens with zero attached hydrogens (tertiary/aromatic N) is 1. The van der Waals surface area contributed by atoms with E-state index in [1.807, 2.05) is 0 Å². The van der Waals surface area contributed by atoms with Gasteiger partial charge in [-0.05, 0) is 6.42 Å². The smallest absolute Gasteiger partial charge is 0.328 e. The Labute approximate surface area is 104 Å². The minimum Gasteiger partial charge on any atom is -0.480 e. The predicted molar refractivity (Wildman–Crippen MR) is 60.8 cm³/mol. The van der Waals surface area contributed by atoms with E-state index in [4.69, 9.17) is 10.2 Å². The molecule has 8 nitrogen and oxygen atoms in total. The summed E-state index contributed by atoms with van der Waals surface area (Å²) in [5, 5.41) is 22.4. The first-order valence-electron chi connectivity index (χ1n) is 5.60. The summed E-state index contributed by atoms with van der Waals surface area (Å²) in [7, 11) is 0. The second-order valence-electron chi connectivity index (χ2n) is 4.16. The van der Waals surface area contributed by atoms with Crippen LogP contribution in [0.1, 0.15) is 13.3 Å². The van der Waals surface area contributed by atoms with E-state index in [2.05, 4.69) is 10.6 Å². The van der Waals surface area contributed by atoms with Crippen LogP contribution in [0.3, 0.4) is 0 Å². The van der Waals surface area contributed by atoms with Crippen molar-refractivity contribution in [2.45, 2.75) is 25.4 Å². The molecule has 1 heterocycles. The van der Waals surface area contributed by atoms with E-state index in [0.717, 1.165) is 0 Å². The van der Waals surface area contributed by atoms with Crippen LogP contribution in [0.15, 0.2) is 0 Å². The van der Waals surface area contributed by atoms with Gasteiger partial charge in [-0.3, -0.25) is 4.79 Å². The highest BCUT2D eigenvalue weighted by atomic mass is 16.4. The lowest BCUT2D eigenvalue weighted by molar-refractivity contribution is -0.140. The minimum absolute atomic E-state index is 0.106. The molecular formula is C10H17N3O5. The normalized spacial score (nSPS) is 20.3. The highest BCUT2D eigenvalue weighted by Crippen LogP contribution is 2.09. The molecule has 1 rings (SSSR count). The molecule has 1 unspecified atom stereocenters. The third-order valence-electron chi connectivity index (χ3n) is 2.66. The Morgan fingerprint density at radius 3 is 2.61 bits per heavy atom. The summed E-state index contributed by atoms with van der Waals surface area (Å²) in [6.07, 6.45) is 0.629. The van der Waals surface area contributed by atoms with Crippen LogP contribution in [-0.4, -0.2) is 64.8 Å². The average molecular weight is 259 g/mol. The summed E-state index contributed by atoms with van der Waals surface area (Å²) in [4.78, 5) is 34.6. The lowest BCUT2D eigenvalue weighted by Crippen LogP contribution is -2.49. The third-order valence-corrected chi connectivity index (χ3v) is 2.66. The van der Waals surface area contributed by atoms with Crippen molar-refractivity contribution in [1.82, 2.24) is 15.5 Å². The maximum absolute atomic E-state index is 11.7. The van der Waals surface area contributed by atoms with E-state index < -0.39 is 24.6 Å². The number of aliphatic hydroxyl groups excluding tert-OH is 1. The molecule has 2 atom stereocenters. The second-order valence-corrected chi connectivity index (χ2v) is 4.16. The molecule has 0 aromatic rings. The maximum atomic E-state index is 11.7. The van der Waals surface area contributed by atoms with Gasteiger partial charge in [0.15, 0.2) is 6.04 Å². The van der Waals surface area contributed by atoms with Gasteiger partial charge in [-0.2, -0.15) is 0 Å². The molecule has 0 aromatic heterocycles. The Kier molecular flexibility index (Phi) is 4.90. The molecule has 0 saturated carbocycles. The molecule has 8 heteroatoms. The zero-order valence-corrected chi connectivity index (χ0v) is 10.0. The Hall–Kier alpha value is -1.83. The van der Waals surface area contributed by atoms with Crippen LogP contribution in [0.25, 0.3) is 0 Å². The fourth-order valence-electron chi connectivity index (χ4n) is 1.78. The number of hydrogen-bond acceptors (Lipinski definition) is 4. The van der Waals surface area contributed by atoms with E-state index in [1.54, 1.807) is 0 Å². The number of nitrogens with one attached hydrogen (secondary N) is 2. The highest BCUT2D eigenvalue weighted by molar-refractivity contribution is 5.83. The first-order valence-corrected chi connectivity index (χ1v) is 5.60. The van der Waals surface area contributed by atoms with Crippen molar-refractivity contribution in [3.63, 3.8) is 0 Å². The second kappa shape index (κ2) is 6.20. The number of carbonyl (C=O) groups excluding carboxylic acids is 2. The molecule has 1 aliphatic heterocycles. The fraction of sp³-hybridized carbons (Fsp3) is 0.700. The van der Waals surface area contributed by atoms with Crippen molar-refractivity contribution >= 4 is 17.9 Å². The summed E-state index contributed by atoms with van der Waals surface area (Å²) in [6.45, 7) is 1.51. The van der Waals surface area contributed by atoms with E-state index in [9.17, 15) is 14.4 Å². The number of rotatable bonds is 4. The Balaban J connectivity index is 2.44. The molecule has 0 radical (unpaired) electrons. The molecule has 1 aliphatic rings. The number of carbonyl (C=O) groups is 3. The van der Waals surface area contributed by atoms with Crippen LogP contribution in [-0.2, 0) is 9.59 Å². The van der Waals surface area contributed by atoms with Gasteiger partial charge >= 0.3 is 12.0 Å². The van der Waals surface area contributed by atoms with Crippen LogP contribution in [0, 0.1) is 0 Å². The molecule has 4 N–H and O–H groups in total. The van der Waals surface area contributed by atoms with Gasteiger partial charge in [0.25, 0.3) is 0 Å². The minimum atomic E-state index is -1.31. The zero-order valence-electron chi connectivity index (χ0n) is 10.0. The number of urea groups is 1. The summed E-state index contributed by atoms with van der Waals surface area (Å²) in [5.41, 5.74) is 0. The maximum Gasteiger partial charge on any atom is 0.328 e. The molecule has 1 saturated heterocycles. The molecule has 18 heavy (non-hydrogen) atoms. The quantitative estimate of drug-likeness (QED) is 0.482. The number of carboxylic acid groups (broad SMARTS) is 1. The van der Waals surface area contributed by atoms with Gasteiger partial charge in [0.2, 0.25) is 5.91 Å². The molecule has 102 valence electrons. The molecule has 1 fully saturated rings. The SMILES string of the molecule is CC(=O)NC1CCN(C(=O)N[C@H](CO)C(=O)O)C1. The van der Waals surface area contributed by atoms with Gasteiger partial charge < -0.3 is 25.7 Å². The Bertz CT molecular complexity index is 346. The van der Waals surface area contributed by atoms with Crippen molar-refractivity contribution in [3.8, 4) is 0 Å². The predicted octanol–water partition coefficient (Wildman–Crippen LogP) is -1.65. The molecule has 0 aliphatic carbocycles. The number of aliphatic hydroxyl groups is 1. The number of hydrogen-bond donors (Lipinski definition) is 4. The lowest BCUT2D eigenvalue weighted by atomic mass is 10.3. The molecule has 3 amide bonds. The van der Waals surface area contributed by atoms with E-state index in [-0.39, 0.29) is 11.9 Å². The van der Waals surface area contributed by atoms with Crippen molar-refractivity contribution in [1.29, 1.82) is 0 Å². The molecule has 0 bridgehead atoms. The summed E-state index contributed by atoms with van der Waals surface area (Å²) in [5.74, 6) is -1.45. The average Bonchev–Trinajstić information content (AvgIpc) is 2.72. The van der Waals surface area contributed by atoms with Gasteiger partial charge in [-0.25, -0.2) is 9.59 Å². The van der Waals surface area contributed by atoms with E-state index >= 15 is 0 Å². The third kappa shape index (κ3) is 3.88. The van der Waals surface area contributed by atoms with Crippen molar-refractivity contribution in [3.05, 3.63) is 0 Å². The van der Waals surface area contributed by atoms with Crippen LogP contribution in [0.5, 0.6) is 0 Å². The largest absolute Gasteiger partial charge is 0.480 e. The van der Waals surface area contributed by atoms with Crippen LogP contribution in [0.2, 0.25) is 0 Å². The first kappa shape index (κ1) is 14.2. The van der Waals surface area contributed by atoms with Gasteiger partial charge in [-0.1, -0.05) is 0 Å². The van der Waals surface area contributed by atoms with Gasteiger partial charge in [0, 0.05) is 26.1 Å². The van der Waals surface area contributed by atoms with E-state index in [0.29, 0.717) is 19.5 Å². The van der Waals surface area contributed by atoms with Crippen molar-refractivity contribution in [2.24, 2.45) is 0 Å². The summed E-state index contributed by atoms with van der Waals surface area (Å²) < 4.78 is 0. The lowest BCUT2D eigenvalue weighted by Gasteiger charge is -2.20. The van der Waals surface area contributed by atoms with Crippen LogP contribution < -0.4 is 10.6 Å². The number of aliphatic carboxylic acids is 1. The number of amides is 3. The topological polar surface area (TPSA) is 119 Å². The molecular weight excluding hydrogens is 242 g/mol. The summed E-state index contributed by atoms with van der Waals surface area (Å²) in [6, 6.07) is -1.97. The van der Waals surface area contributed by atoms with Crippen molar-refractivity contribution in [2.75, 3.05) is 19.7 Å². The fourth-order valence-corrected chi connectivity index (χ4v) is 1.78. The Morgan fingerprint density at radius 2 is 2.11 bits per heavy atom. The first-order chi connectivity index (χ1) is 8.43. The van der Waals surface area contributed by atoms with Crippen LogP contribution >= 0.6 is 0 Å². The molecule has 0 aromatic carbocycles. The monoisotopic (exact) mass is 259 g/mol. The number of likely N-dealkylation sites (tertiary alicyclic amines) is 1. The Morgan fingerprint density at radius 1 is 1.44 bits per heavy atom. The van der Waals surface area contributed by atoms with Crippen molar-refractivity contribution < 1.29 is 24.6 Å². The van der Waals surface area contributed by atoms with Crippen LogP contribution in [0.4, 0.5) is 4.79 Å². The number of carboxylic acids is 1. The standard InChI is InChI=1S/C10H17N3O5/c1-6(15)11-7-2-3-13(4-7)10(18)12-8(5-14)9(16)17/h7-8,14H,2-5H2,1H3,(H,11,15)(H,12,18)(H,16,17)/t7?,8-/m1/s1. The van der Waals surface area contributed by atoms with Gasteiger partial charge in [-0.15, -0.1) is 0 Å². The summed E-state index contributed by atoms with van der Waals surface area (Å²) >= 11 is 0. The van der Waals surface area contributed by atoms with Gasteiger partial charge in [0.05, 0.1) is 6.61 Å². The zero-order chi connectivity index (χ0) is 13.7. The van der Waals surface area contributed by atoms with Gasteiger partial charge in [0.1, 0.15) is 0 Å². The highest BCUT2D eigenvalue weighted by Gasteiger charge is 2.29. The van der Waals surface area contributed by atoms with E-state index in [1.165, 1.54) is 11.8 Å².